The van der Waals surface area contributed by atoms with E-state index in [0.29, 0.717) is 5.82 Å². The fraction of sp³-hybridized carbons (Fsp3) is 0.304. The van der Waals surface area contributed by atoms with Crippen LogP contribution in [-0.4, -0.2) is 45.9 Å². The quantitative estimate of drug-likeness (QED) is 0.533. The van der Waals surface area contributed by atoms with Gasteiger partial charge in [-0.05, 0) is 32.0 Å². The standard InChI is InChI=1S/C23H25N5OS/c1-16-7-6-8-18(15-16)20(21-22(29)28-23(30-21)24-17(2)25-28)27-13-11-26(12-14-27)19-9-4-3-5-10-19/h3-10,15,20,29H,11-14H2,1-2H3/p+1/t20-/m1/s1. The maximum Gasteiger partial charge on any atom is 0.235 e. The summed E-state index contributed by atoms with van der Waals surface area (Å²) in [6.45, 7) is 7.95. The Morgan fingerprint density at radius 1 is 1.03 bits per heavy atom. The molecule has 1 aliphatic rings. The number of piperazine rings is 1. The molecule has 1 fully saturated rings. The van der Waals surface area contributed by atoms with Crippen molar-refractivity contribution in [2.24, 2.45) is 0 Å². The highest BCUT2D eigenvalue weighted by atomic mass is 32.1. The third-order valence-corrected chi connectivity index (χ3v) is 6.96. The number of rotatable bonds is 4. The number of nitrogens with one attached hydrogen (secondary N) is 1. The van der Waals surface area contributed by atoms with Crippen LogP contribution in [-0.2, 0) is 0 Å². The first-order chi connectivity index (χ1) is 14.6. The number of aryl methyl sites for hydroxylation is 2. The van der Waals surface area contributed by atoms with Gasteiger partial charge in [-0.25, -0.2) is 4.98 Å². The molecule has 1 aliphatic heterocycles. The minimum absolute atomic E-state index is 0.0663. The number of fused-ring (bicyclic) bond motifs is 1. The molecule has 2 N–H and O–H groups in total. The van der Waals surface area contributed by atoms with Crippen LogP contribution in [0.3, 0.4) is 0 Å². The van der Waals surface area contributed by atoms with Crippen molar-refractivity contribution in [3.05, 3.63) is 76.4 Å². The van der Waals surface area contributed by atoms with Gasteiger partial charge in [-0.2, -0.15) is 4.52 Å². The molecule has 154 valence electrons. The van der Waals surface area contributed by atoms with E-state index in [0.717, 1.165) is 36.0 Å². The molecule has 0 amide bonds. The van der Waals surface area contributed by atoms with Crippen molar-refractivity contribution < 1.29 is 10.0 Å². The van der Waals surface area contributed by atoms with Crippen LogP contribution in [0.1, 0.15) is 27.9 Å². The summed E-state index contributed by atoms with van der Waals surface area (Å²) in [5.74, 6) is 0.902. The molecular formula is C23H26N5OS+. The number of hydrogen-bond acceptors (Lipinski definition) is 5. The van der Waals surface area contributed by atoms with Crippen molar-refractivity contribution in [1.29, 1.82) is 0 Å². The SMILES string of the molecule is Cc1cccc([C@H](c2sc3nc(C)nn3c2O)[NH+]2CCN(c3ccccc3)CC2)c1. The van der Waals surface area contributed by atoms with E-state index in [2.05, 4.69) is 76.5 Å². The van der Waals surface area contributed by atoms with Crippen LogP contribution in [0.5, 0.6) is 5.88 Å². The van der Waals surface area contributed by atoms with Crippen LogP contribution in [0.2, 0.25) is 0 Å². The fourth-order valence-electron chi connectivity index (χ4n) is 4.44. The second-order valence-corrected chi connectivity index (χ2v) is 8.98. The number of anilines is 1. The molecule has 0 bridgehead atoms. The van der Waals surface area contributed by atoms with Gasteiger partial charge in [0.15, 0.2) is 6.04 Å². The molecule has 0 unspecified atom stereocenters. The highest BCUT2D eigenvalue weighted by Gasteiger charge is 2.35. The third-order valence-electron chi connectivity index (χ3n) is 5.88. The first-order valence-electron chi connectivity index (χ1n) is 10.4. The molecule has 0 saturated carbocycles. The average Bonchev–Trinajstić information content (AvgIpc) is 3.27. The molecule has 1 saturated heterocycles. The fourth-order valence-corrected chi connectivity index (χ4v) is 5.62. The third kappa shape index (κ3) is 3.44. The maximum absolute atomic E-state index is 11.0. The molecule has 0 spiro atoms. The zero-order valence-electron chi connectivity index (χ0n) is 17.2. The van der Waals surface area contributed by atoms with Crippen molar-refractivity contribution in [3.8, 4) is 5.88 Å². The van der Waals surface area contributed by atoms with Gasteiger partial charge in [-0.1, -0.05) is 53.3 Å². The Balaban J connectivity index is 1.49. The van der Waals surface area contributed by atoms with Crippen molar-refractivity contribution in [2.45, 2.75) is 19.9 Å². The Hall–Kier alpha value is -2.90. The monoisotopic (exact) mass is 420 g/mol. The van der Waals surface area contributed by atoms with E-state index in [9.17, 15) is 5.11 Å². The summed E-state index contributed by atoms with van der Waals surface area (Å²) in [6, 6.07) is 19.3. The van der Waals surface area contributed by atoms with Gasteiger partial charge in [0.25, 0.3) is 0 Å². The summed E-state index contributed by atoms with van der Waals surface area (Å²) in [4.78, 5) is 10.1. The van der Waals surface area contributed by atoms with E-state index >= 15 is 0 Å². The largest absolute Gasteiger partial charge is 0.492 e. The molecule has 1 atom stereocenters. The van der Waals surface area contributed by atoms with Gasteiger partial charge < -0.3 is 14.9 Å². The zero-order chi connectivity index (χ0) is 20.7. The molecule has 2 aromatic heterocycles. The van der Waals surface area contributed by atoms with Crippen LogP contribution < -0.4 is 9.80 Å². The lowest BCUT2D eigenvalue weighted by Crippen LogP contribution is -3.15. The minimum Gasteiger partial charge on any atom is -0.492 e. The maximum atomic E-state index is 11.0. The van der Waals surface area contributed by atoms with E-state index < -0.39 is 0 Å². The first kappa shape index (κ1) is 19.1. The minimum atomic E-state index is 0.0663. The number of hydrogen-bond donors (Lipinski definition) is 2. The molecule has 4 aromatic rings. The molecule has 0 aliphatic carbocycles. The van der Waals surface area contributed by atoms with E-state index in [1.807, 2.05) is 6.92 Å². The van der Waals surface area contributed by atoms with Crippen LogP contribution in [0, 0.1) is 13.8 Å². The van der Waals surface area contributed by atoms with E-state index in [1.165, 1.54) is 21.7 Å². The summed E-state index contributed by atoms with van der Waals surface area (Å²) in [7, 11) is 0. The second-order valence-electron chi connectivity index (χ2n) is 7.97. The summed E-state index contributed by atoms with van der Waals surface area (Å²) < 4.78 is 1.58. The van der Waals surface area contributed by atoms with Crippen LogP contribution in [0.15, 0.2) is 54.6 Å². The Labute approximate surface area is 180 Å². The predicted molar refractivity (Wildman–Crippen MR) is 120 cm³/mol. The Bertz CT molecular complexity index is 1160. The van der Waals surface area contributed by atoms with E-state index in [4.69, 9.17) is 0 Å². The highest BCUT2D eigenvalue weighted by Crippen LogP contribution is 2.35. The van der Waals surface area contributed by atoms with Crippen molar-refractivity contribution in [3.63, 3.8) is 0 Å². The Morgan fingerprint density at radius 2 is 1.80 bits per heavy atom. The van der Waals surface area contributed by atoms with Crippen LogP contribution in [0.25, 0.3) is 4.96 Å². The number of thiazole rings is 1. The lowest BCUT2D eigenvalue weighted by Gasteiger charge is -2.37. The number of para-hydroxylation sites is 1. The van der Waals surface area contributed by atoms with Gasteiger partial charge in [0.05, 0.1) is 26.2 Å². The van der Waals surface area contributed by atoms with Crippen molar-refractivity contribution in [1.82, 2.24) is 14.6 Å². The molecule has 5 rings (SSSR count). The Morgan fingerprint density at radius 3 is 2.50 bits per heavy atom. The number of aromatic hydroxyl groups is 1. The summed E-state index contributed by atoms with van der Waals surface area (Å²) in [5, 5.41) is 15.4. The molecule has 3 heterocycles. The smallest absolute Gasteiger partial charge is 0.235 e. The summed E-state index contributed by atoms with van der Waals surface area (Å²) in [5.41, 5.74) is 3.74. The molecule has 30 heavy (non-hydrogen) atoms. The van der Waals surface area contributed by atoms with Gasteiger partial charge in [0.2, 0.25) is 10.8 Å². The van der Waals surface area contributed by atoms with Crippen molar-refractivity contribution in [2.75, 3.05) is 31.1 Å². The molecule has 6 nitrogen and oxygen atoms in total. The topological polar surface area (TPSA) is 58.1 Å². The highest BCUT2D eigenvalue weighted by molar-refractivity contribution is 7.17. The van der Waals surface area contributed by atoms with Gasteiger partial charge >= 0.3 is 0 Å². The number of quaternary nitrogens is 1. The van der Waals surface area contributed by atoms with Crippen molar-refractivity contribution >= 4 is 22.0 Å². The lowest BCUT2D eigenvalue weighted by atomic mass is 10.0. The van der Waals surface area contributed by atoms with Gasteiger partial charge in [-0.3, -0.25) is 0 Å². The van der Waals surface area contributed by atoms with Crippen LogP contribution in [0.4, 0.5) is 5.69 Å². The zero-order valence-corrected chi connectivity index (χ0v) is 18.1. The molecule has 2 aromatic carbocycles. The predicted octanol–water partition coefficient (Wildman–Crippen LogP) is 2.61. The average molecular weight is 421 g/mol. The van der Waals surface area contributed by atoms with Gasteiger partial charge in [0, 0.05) is 11.3 Å². The van der Waals surface area contributed by atoms with E-state index in [-0.39, 0.29) is 11.9 Å². The van der Waals surface area contributed by atoms with E-state index in [1.54, 1.807) is 15.9 Å². The number of benzene rings is 2. The molecular weight excluding hydrogens is 394 g/mol. The molecule has 7 heteroatoms. The van der Waals surface area contributed by atoms with Gasteiger partial charge in [0.1, 0.15) is 10.7 Å². The second kappa shape index (κ2) is 7.74. The van der Waals surface area contributed by atoms with Crippen LogP contribution >= 0.6 is 11.3 Å². The first-order valence-corrected chi connectivity index (χ1v) is 11.2. The number of aromatic nitrogens is 3. The summed E-state index contributed by atoms with van der Waals surface area (Å²) in [6.07, 6.45) is 0. The lowest BCUT2D eigenvalue weighted by molar-refractivity contribution is -0.925. The normalized spacial score (nSPS) is 16.3. The van der Waals surface area contributed by atoms with Gasteiger partial charge in [-0.15, -0.1) is 5.10 Å². The number of nitrogens with zero attached hydrogens (tertiary/aromatic N) is 4. The molecule has 0 radical (unpaired) electrons. The summed E-state index contributed by atoms with van der Waals surface area (Å²) >= 11 is 1.55. The Kier molecular flexibility index (Phi) is 4.92.